The monoisotopic (exact) mass is 414 g/mol. The van der Waals surface area contributed by atoms with Gasteiger partial charge in [0.05, 0.1) is 20.8 Å². The van der Waals surface area contributed by atoms with Crippen LogP contribution in [0.2, 0.25) is 10.0 Å². The highest BCUT2D eigenvalue weighted by Gasteiger charge is 2.21. The molecule has 0 aromatic heterocycles. The summed E-state index contributed by atoms with van der Waals surface area (Å²) in [4.78, 5) is -0.346. The number of rotatable bonds is 4. The zero-order chi connectivity index (χ0) is 18.7. The third kappa shape index (κ3) is 4.61. The zero-order valence-corrected chi connectivity index (χ0v) is 16.0. The second-order valence-corrected chi connectivity index (χ2v) is 10.0. The molecule has 0 aliphatic heterocycles. The molecule has 0 amide bonds. The molecule has 0 aliphatic rings. The van der Waals surface area contributed by atoms with Crippen LogP contribution in [-0.2, 0) is 19.6 Å². The van der Waals surface area contributed by atoms with Gasteiger partial charge in [-0.2, -0.15) is 5.26 Å². The lowest BCUT2D eigenvalue weighted by Crippen LogP contribution is -2.04. The lowest BCUT2D eigenvalue weighted by molar-refractivity contribution is 0.603. The first-order valence-corrected chi connectivity index (χ1v) is 10.9. The van der Waals surface area contributed by atoms with E-state index in [9.17, 15) is 17.9 Å². The second kappa shape index (κ2) is 7.58. The van der Waals surface area contributed by atoms with Crippen molar-refractivity contribution in [3.8, 4) is 6.07 Å². The van der Waals surface area contributed by atoms with E-state index in [1.165, 1.54) is 42.7 Å². The third-order valence-electron chi connectivity index (χ3n) is 3.15. The molecule has 25 heavy (non-hydrogen) atoms. The van der Waals surface area contributed by atoms with E-state index in [2.05, 4.69) is 4.36 Å². The fraction of sp³-hybridized carbons (Fsp3) is 0.0625. The van der Waals surface area contributed by atoms with Crippen LogP contribution in [0.5, 0.6) is 0 Å². The van der Waals surface area contributed by atoms with Gasteiger partial charge in [0.1, 0.15) is 6.07 Å². The van der Waals surface area contributed by atoms with Crippen LogP contribution in [-0.4, -0.2) is 18.9 Å². The Morgan fingerprint density at radius 1 is 0.960 bits per heavy atom. The normalized spacial score (nSPS) is 14.4. The fourth-order valence-corrected chi connectivity index (χ4v) is 4.24. The summed E-state index contributed by atoms with van der Waals surface area (Å²) in [5.41, 5.74) is 0. The van der Waals surface area contributed by atoms with E-state index >= 15 is 0 Å². The summed E-state index contributed by atoms with van der Waals surface area (Å²) in [6.07, 6.45) is 2.16. The van der Waals surface area contributed by atoms with Crippen LogP contribution >= 0.6 is 23.2 Å². The molecule has 1 atom stereocenters. The highest BCUT2D eigenvalue weighted by atomic mass is 35.5. The van der Waals surface area contributed by atoms with Gasteiger partial charge in [0, 0.05) is 21.2 Å². The first-order chi connectivity index (χ1) is 11.7. The number of sulfone groups is 1. The van der Waals surface area contributed by atoms with Crippen LogP contribution in [0, 0.1) is 11.3 Å². The third-order valence-corrected chi connectivity index (χ3v) is 6.97. The molecule has 0 spiro atoms. The minimum absolute atomic E-state index is 0.103. The number of nitrogens with zero attached hydrogens (tertiary/aromatic N) is 2. The van der Waals surface area contributed by atoms with Crippen molar-refractivity contribution in [3.05, 3.63) is 69.7 Å². The molecule has 0 fully saturated rings. The Labute approximate surface area is 156 Å². The quantitative estimate of drug-likeness (QED) is 0.697. The summed E-state index contributed by atoms with van der Waals surface area (Å²) in [5, 5.41) is 10.0. The standard InChI is InChI=1S/C16H12Cl2N2O3S2/c1-24(21,14-6-2-12(17)3-7-14)20-11-16(10-19)25(22,23)15-8-4-13(18)5-9-15/h2-9,11H,1H3/b16-11+. The molecule has 9 heteroatoms. The van der Waals surface area contributed by atoms with Crippen LogP contribution in [0.15, 0.2) is 73.8 Å². The molecule has 0 N–H and O–H groups in total. The summed E-state index contributed by atoms with van der Waals surface area (Å²) in [7, 11) is -7.01. The summed E-state index contributed by atoms with van der Waals surface area (Å²) in [6, 6.07) is 13.1. The predicted molar refractivity (Wildman–Crippen MR) is 98.5 cm³/mol. The van der Waals surface area contributed by atoms with Crippen molar-refractivity contribution in [2.45, 2.75) is 9.79 Å². The van der Waals surface area contributed by atoms with Gasteiger partial charge in [-0.1, -0.05) is 23.2 Å². The number of hydrogen-bond donors (Lipinski definition) is 0. The lowest BCUT2D eigenvalue weighted by atomic mass is 10.4. The Bertz CT molecular complexity index is 1080. The lowest BCUT2D eigenvalue weighted by Gasteiger charge is -2.04. The Kier molecular flexibility index (Phi) is 5.91. The Morgan fingerprint density at radius 2 is 1.40 bits per heavy atom. The van der Waals surface area contributed by atoms with E-state index in [0.29, 0.717) is 14.9 Å². The molecule has 2 aromatic carbocycles. The largest absolute Gasteiger partial charge is 0.245 e. The molecule has 130 valence electrons. The van der Waals surface area contributed by atoms with Crippen molar-refractivity contribution >= 4 is 42.8 Å². The van der Waals surface area contributed by atoms with Gasteiger partial charge < -0.3 is 0 Å². The van der Waals surface area contributed by atoms with Gasteiger partial charge in [-0.25, -0.2) is 17.0 Å². The van der Waals surface area contributed by atoms with Crippen molar-refractivity contribution in [2.24, 2.45) is 4.36 Å². The summed E-state index contributed by atoms with van der Waals surface area (Å²) >= 11 is 11.5. The predicted octanol–water partition coefficient (Wildman–Crippen LogP) is 4.29. The van der Waals surface area contributed by atoms with Crippen molar-refractivity contribution in [2.75, 3.05) is 6.26 Å². The first kappa shape index (κ1) is 19.5. The van der Waals surface area contributed by atoms with Crippen LogP contribution in [0.4, 0.5) is 0 Å². The second-order valence-electron chi connectivity index (χ2n) is 4.92. The Morgan fingerprint density at radius 3 is 1.84 bits per heavy atom. The van der Waals surface area contributed by atoms with Gasteiger partial charge >= 0.3 is 0 Å². The zero-order valence-electron chi connectivity index (χ0n) is 12.9. The molecule has 2 aromatic rings. The molecule has 0 aliphatic carbocycles. The van der Waals surface area contributed by atoms with Crippen molar-refractivity contribution in [1.82, 2.24) is 0 Å². The molecular weight excluding hydrogens is 403 g/mol. The molecule has 2 rings (SSSR count). The van der Waals surface area contributed by atoms with E-state index in [1.807, 2.05) is 0 Å². The maximum absolute atomic E-state index is 12.7. The van der Waals surface area contributed by atoms with E-state index in [4.69, 9.17) is 23.2 Å². The average Bonchev–Trinajstić information content (AvgIpc) is 2.56. The molecule has 0 saturated carbocycles. The average molecular weight is 415 g/mol. The highest BCUT2D eigenvalue weighted by molar-refractivity contribution is 7.95. The fourth-order valence-electron chi connectivity index (χ4n) is 1.80. The van der Waals surface area contributed by atoms with Crippen LogP contribution in [0.1, 0.15) is 0 Å². The van der Waals surface area contributed by atoms with Crippen LogP contribution in [0.25, 0.3) is 0 Å². The Balaban J connectivity index is 2.49. The number of allylic oxidation sites excluding steroid dienone is 1. The molecule has 0 radical (unpaired) electrons. The van der Waals surface area contributed by atoms with E-state index < -0.39 is 24.5 Å². The molecule has 0 bridgehead atoms. The Hall–Kier alpha value is -1.85. The van der Waals surface area contributed by atoms with E-state index in [1.54, 1.807) is 18.2 Å². The number of halogens is 2. The first-order valence-electron chi connectivity index (χ1n) is 6.74. The molecule has 5 nitrogen and oxygen atoms in total. The molecule has 1 unspecified atom stereocenters. The van der Waals surface area contributed by atoms with Crippen molar-refractivity contribution in [3.63, 3.8) is 0 Å². The molecule has 0 saturated heterocycles. The smallest absolute Gasteiger partial charge is 0.218 e. The summed E-state index contributed by atoms with van der Waals surface area (Å²) in [5.74, 6) is 0. The SMILES string of the molecule is CS(=O)(=N/C=C(\C#N)S(=O)(=O)c1ccc(Cl)cc1)c1ccc(Cl)cc1. The minimum Gasteiger partial charge on any atom is -0.245 e. The highest BCUT2D eigenvalue weighted by Crippen LogP contribution is 2.22. The summed E-state index contributed by atoms with van der Waals surface area (Å²) in [6.45, 7) is 0. The van der Waals surface area contributed by atoms with Crippen LogP contribution < -0.4 is 0 Å². The molecular formula is C16H12Cl2N2O3S2. The maximum atomic E-state index is 12.7. The topological polar surface area (TPSA) is 87.4 Å². The van der Waals surface area contributed by atoms with E-state index in [-0.39, 0.29) is 4.90 Å². The van der Waals surface area contributed by atoms with Gasteiger partial charge in [-0.15, -0.1) is 0 Å². The van der Waals surface area contributed by atoms with Crippen molar-refractivity contribution in [1.29, 1.82) is 5.26 Å². The van der Waals surface area contributed by atoms with E-state index in [0.717, 1.165) is 6.20 Å². The summed E-state index contributed by atoms with van der Waals surface area (Å²) < 4.78 is 41.4. The number of hydrogen-bond acceptors (Lipinski definition) is 5. The number of nitriles is 1. The maximum Gasteiger partial charge on any atom is 0.218 e. The van der Waals surface area contributed by atoms with Crippen LogP contribution in [0.3, 0.4) is 0 Å². The molecule has 0 heterocycles. The number of benzene rings is 2. The van der Waals surface area contributed by atoms with Gasteiger partial charge in [0.25, 0.3) is 0 Å². The van der Waals surface area contributed by atoms with Gasteiger partial charge in [0.2, 0.25) is 9.84 Å². The minimum atomic E-state index is -4.08. The van der Waals surface area contributed by atoms with Gasteiger partial charge in [0.15, 0.2) is 4.91 Å². The van der Waals surface area contributed by atoms with Crippen molar-refractivity contribution < 1.29 is 12.6 Å². The van der Waals surface area contributed by atoms with Gasteiger partial charge in [-0.05, 0) is 48.5 Å². The van der Waals surface area contributed by atoms with Gasteiger partial charge in [-0.3, -0.25) is 0 Å².